The summed E-state index contributed by atoms with van der Waals surface area (Å²) in [7, 11) is 1.64. The third kappa shape index (κ3) is 2.77. The fraction of sp³-hybridized carbons (Fsp3) is 0.562. The minimum atomic E-state index is -0.215. The van der Waals surface area contributed by atoms with Crippen molar-refractivity contribution in [3.05, 3.63) is 35.4 Å². The van der Waals surface area contributed by atoms with Crippen molar-refractivity contribution >= 4 is 5.91 Å². The molecule has 1 fully saturated rings. The molecule has 1 unspecified atom stereocenters. The first-order chi connectivity index (χ1) is 11.8. The maximum atomic E-state index is 12.8. The molecule has 0 N–H and O–H groups in total. The predicted octanol–water partition coefficient (Wildman–Crippen LogP) is 0.864. The summed E-state index contributed by atoms with van der Waals surface area (Å²) in [5.41, 5.74) is 2.53. The molecule has 2 aromatic rings. The average Bonchev–Trinajstić information content (AvgIpc) is 3.34. The van der Waals surface area contributed by atoms with E-state index in [1.54, 1.807) is 18.1 Å². The molecule has 0 spiro atoms. The van der Waals surface area contributed by atoms with Crippen LogP contribution in [0.2, 0.25) is 0 Å². The van der Waals surface area contributed by atoms with Gasteiger partial charge in [0.1, 0.15) is 11.7 Å². The Labute approximate surface area is 139 Å². The third-order valence-corrected chi connectivity index (χ3v) is 4.69. The molecular weight excluding hydrogens is 308 g/mol. The van der Waals surface area contributed by atoms with Crippen molar-refractivity contribution in [2.75, 3.05) is 20.3 Å². The third-order valence-electron chi connectivity index (χ3n) is 4.69. The molecule has 0 radical (unpaired) electrons. The van der Waals surface area contributed by atoms with Gasteiger partial charge in [0.05, 0.1) is 30.3 Å². The summed E-state index contributed by atoms with van der Waals surface area (Å²) in [5, 5.41) is 16.2. The van der Waals surface area contributed by atoms with Gasteiger partial charge < -0.3 is 9.64 Å². The number of amides is 1. The van der Waals surface area contributed by atoms with E-state index in [2.05, 4.69) is 20.5 Å². The zero-order valence-electron chi connectivity index (χ0n) is 13.6. The molecule has 24 heavy (non-hydrogen) atoms. The van der Waals surface area contributed by atoms with Gasteiger partial charge in [0.25, 0.3) is 5.91 Å². The summed E-state index contributed by atoms with van der Waals surface area (Å²) < 4.78 is 7.38. The van der Waals surface area contributed by atoms with Gasteiger partial charge in [-0.1, -0.05) is 5.21 Å². The highest BCUT2D eigenvalue weighted by Gasteiger charge is 2.36. The monoisotopic (exact) mass is 328 g/mol. The van der Waals surface area contributed by atoms with E-state index in [4.69, 9.17) is 4.74 Å². The Morgan fingerprint density at radius 3 is 2.96 bits per heavy atom. The summed E-state index contributed by atoms with van der Waals surface area (Å²) in [6, 6.07) is 1.46. The molecule has 2 aliphatic rings. The van der Waals surface area contributed by atoms with Crippen LogP contribution in [0.4, 0.5) is 0 Å². The largest absolute Gasteiger partial charge is 0.382 e. The van der Waals surface area contributed by atoms with Crippen molar-refractivity contribution in [1.29, 1.82) is 0 Å². The van der Waals surface area contributed by atoms with Crippen LogP contribution in [-0.4, -0.2) is 56.3 Å². The van der Waals surface area contributed by atoms with E-state index >= 15 is 0 Å². The number of hydrogen-bond acceptors (Lipinski definition) is 6. The van der Waals surface area contributed by atoms with Gasteiger partial charge in [-0.3, -0.25) is 4.79 Å². The minimum absolute atomic E-state index is 0.0747. The summed E-state index contributed by atoms with van der Waals surface area (Å²) in [5.74, 6) is 0.661. The lowest BCUT2D eigenvalue weighted by molar-refractivity contribution is 0.0489. The lowest BCUT2D eigenvalue weighted by atomic mass is 10.0. The number of carbonyl (C=O) groups is 1. The van der Waals surface area contributed by atoms with Gasteiger partial charge in [-0.05, 0) is 24.8 Å². The Morgan fingerprint density at radius 1 is 1.38 bits per heavy atom. The number of fused-ring (bicyclic) bond motifs is 1. The van der Waals surface area contributed by atoms with Crippen molar-refractivity contribution < 1.29 is 9.53 Å². The average molecular weight is 328 g/mol. The number of hydrogen-bond donors (Lipinski definition) is 0. The molecule has 2 aromatic heterocycles. The Bertz CT molecular complexity index is 727. The van der Waals surface area contributed by atoms with Crippen molar-refractivity contribution in [2.45, 2.75) is 31.8 Å². The Hall–Kier alpha value is -2.35. The predicted molar refractivity (Wildman–Crippen MR) is 84.1 cm³/mol. The van der Waals surface area contributed by atoms with Crippen LogP contribution in [-0.2, 0) is 17.7 Å². The molecule has 4 rings (SSSR count). The van der Waals surface area contributed by atoms with Crippen molar-refractivity contribution in [3.63, 3.8) is 0 Å². The van der Waals surface area contributed by atoms with Gasteiger partial charge >= 0.3 is 0 Å². The van der Waals surface area contributed by atoms with Crippen LogP contribution in [0.15, 0.2) is 18.5 Å². The lowest BCUT2D eigenvalue weighted by Crippen LogP contribution is -2.42. The van der Waals surface area contributed by atoms with Crippen molar-refractivity contribution in [3.8, 4) is 0 Å². The normalized spacial score (nSPS) is 20.0. The maximum Gasteiger partial charge on any atom is 0.256 e. The SMILES string of the molecule is COCC1c2nnn(CC3CC3)c2CCN1C(=O)c1ccnnc1. The second-order valence-electron chi connectivity index (χ2n) is 6.40. The molecule has 8 nitrogen and oxygen atoms in total. The Morgan fingerprint density at radius 2 is 2.25 bits per heavy atom. The van der Waals surface area contributed by atoms with Crippen LogP contribution in [0, 0.1) is 5.92 Å². The van der Waals surface area contributed by atoms with E-state index < -0.39 is 0 Å². The fourth-order valence-corrected chi connectivity index (χ4v) is 3.24. The van der Waals surface area contributed by atoms with Gasteiger partial charge in [0.2, 0.25) is 0 Å². The number of aromatic nitrogens is 5. The molecule has 1 aliphatic carbocycles. The molecule has 0 aromatic carbocycles. The molecule has 0 bridgehead atoms. The molecule has 3 heterocycles. The van der Waals surface area contributed by atoms with E-state index in [-0.39, 0.29) is 11.9 Å². The molecule has 1 atom stereocenters. The van der Waals surface area contributed by atoms with Crippen LogP contribution >= 0.6 is 0 Å². The quantitative estimate of drug-likeness (QED) is 0.809. The molecule has 1 aliphatic heterocycles. The first kappa shape index (κ1) is 15.2. The number of nitrogens with zero attached hydrogens (tertiary/aromatic N) is 6. The van der Waals surface area contributed by atoms with E-state index in [0.717, 1.165) is 30.3 Å². The van der Waals surface area contributed by atoms with Gasteiger partial charge in [-0.2, -0.15) is 10.2 Å². The zero-order chi connectivity index (χ0) is 16.5. The number of ether oxygens (including phenoxy) is 1. The second-order valence-corrected chi connectivity index (χ2v) is 6.40. The molecule has 1 saturated carbocycles. The summed E-state index contributed by atoms with van der Waals surface area (Å²) in [4.78, 5) is 14.6. The van der Waals surface area contributed by atoms with E-state index in [1.807, 2.05) is 4.68 Å². The summed E-state index contributed by atoms with van der Waals surface area (Å²) in [6.07, 6.45) is 6.33. The van der Waals surface area contributed by atoms with E-state index in [1.165, 1.54) is 25.2 Å². The first-order valence-electron chi connectivity index (χ1n) is 8.26. The Balaban J connectivity index is 1.62. The number of carbonyl (C=O) groups excluding carboxylic acids is 1. The zero-order valence-corrected chi connectivity index (χ0v) is 13.6. The number of rotatable bonds is 5. The highest BCUT2D eigenvalue weighted by atomic mass is 16.5. The molecular formula is C16H20N6O2. The summed E-state index contributed by atoms with van der Waals surface area (Å²) >= 11 is 0. The first-order valence-corrected chi connectivity index (χ1v) is 8.26. The van der Waals surface area contributed by atoms with Crippen molar-refractivity contribution in [1.82, 2.24) is 30.1 Å². The minimum Gasteiger partial charge on any atom is -0.382 e. The topological polar surface area (TPSA) is 86.0 Å². The standard InChI is InChI=1S/C16H20N6O2/c1-24-10-14-15-13(22(20-19-15)9-11-2-3-11)5-7-21(14)16(23)12-4-6-17-18-8-12/h4,6,8,11,14H,2-3,5,7,9-10H2,1H3. The Kier molecular flexibility index (Phi) is 3.97. The molecule has 0 saturated heterocycles. The maximum absolute atomic E-state index is 12.8. The molecule has 126 valence electrons. The smallest absolute Gasteiger partial charge is 0.256 e. The van der Waals surface area contributed by atoms with Crippen LogP contribution in [0.1, 0.15) is 40.6 Å². The molecule has 8 heteroatoms. The van der Waals surface area contributed by atoms with Crippen LogP contribution in [0.5, 0.6) is 0 Å². The van der Waals surface area contributed by atoms with Crippen LogP contribution in [0.3, 0.4) is 0 Å². The molecule has 1 amide bonds. The van der Waals surface area contributed by atoms with E-state index in [9.17, 15) is 4.79 Å². The highest BCUT2D eigenvalue weighted by Crippen LogP contribution is 2.34. The van der Waals surface area contributed by atoms with Gasteiger partial charge in [0.15, 0.2) is 0 Å². The van der Waals surface area contributed by atoms with Gasteiger partial charge in [0, 0.05) is 26.6 Å². The van der Waals surface area contributed by atoms with Gasteiger partial charge in [-0.25, -0.2) is 4.68 Å². The summed E-state index contributed by atoms with van der Waals surface area (Å²) in [6.45, 7) is 1.96. The van der Waals surface area contributed by atoms with Gasteiger partial charge in [-0.15, -0.1) is 5.10 Å². The number of methoxy groups -OCH3 is 1. The second kappa shape index (κ2) is 6.27. The van der Waals surface area contributed by atoms with Crippen molar-refractivity contribution in [2.24, 2.45) is 5.92 Å². The van der Waals surface area contributed by atoms with Crippen LogP contribution in [0.25, 0.3) is 0 Å². The van der Waals surface area contributed by atoms with Crippen LogP contribution < -0.4 is 0 Å². The highest BCUT2D eigenvalue weighted by molar-refractivity contribution is 5.94. The fourth-order valence-electron chi connectivity index (χ4n) is 3.24. The van der Waals surface area contributed by atoms with E-state index in [0.29, 0.717) is 18.7 Å². The lowest BCUT2D eigenvalue weighted by Gasteiger charge is -2.34.